The van der Waals surface area contributed by atoms with Gasteiger partial charge in [-0.05, 0) is 30.7 Å². The van der Waals surface area contributed by atoms with Crippen molar-refractivity contribution in [3.63, 3.8) is 0 Å². The SMILES string of the molecule is CC(=O)Nc1cc(-c2cccc(C)c2)cn2c(-c3ccc(S(C)(=O)=O)cc3)cnc12. The van der Waals surface area contributed by atoms with Gasteiger partial charge in [0.15, 0.2) is 15.5 Å². The lowest BCUT2D eigenvalue weighted by Gasteiger charge is -2.11. The Hall–Kier alpha value is -3.45. The number of carbonyl (C=O) groups is 1. The smallest absolute Gasteiger partial charge is 0.221 e. The third kappa shape index (κ3) is 3.84. The minimum Gasteiger partial charge on any atom is -0.323 e. The molecule has 0 saturated heterocycles. The average Bonchev–Trinajstić information content (AvgIpc) is 3.11. The highest BCUT2D eigenvalue weighted by atomic mass is 32.2. The Morgan fingerprint density at radius 2 is 1.73 bits per heavy atom. The van der Waals surface area contributed by atoms with E-state index < -0.39 is 9.84 Å². The lowest BCUT2D eigenvalue weighted by atomic mass is 10.0. The van der Waals surface area contributed by atoms with Crippen LogP contribution in [0.1, 0.15) is 12.5 Å². The van der Waals surface area contributed by atoms with E-state index in [-0.39, 0.29) is 10.8 Å². The van der Waals surface area contributed by atoms with E-state index in [2.05, 4.69) is 16.4 Å². The van der Waals surface area contributed by atoms with E-state index in [4.69, 9.17) is 0 Å². The fourth-order valence-electron chi connectivity index (χ4n) is 3.44. The number of aromatic nitrogens is 2. The van der Waals surface area contributed by atoms with E-state index in [9.17, 15) is 13.2 Å². The molecule has 0 fully saturated rings. The van der Waals surface area contributed by atoms with Crippen LogP contribution < -0.4 is 5.32 Å². The Morgan fingerprint density at radius 3 is 2.37 bits per heavy atom. The molecule has 0 aliphatic carbocycles. The number of rotatable bonds is 4. The first-order chi connectivity index (χ1) is 14.2. The molecule has 0 bridgehead atoms. The van der Waals surface area contributed by atoms with Crippen LogP contribution in [-0.2, 0) is 14.6 Å². The van der Waals surface area contributed by atoms with Crippen molar-refractivity contribution in [3.05, 3.63) is 72.6 Å². The van der Waals surface area contributed by atoms with Crippen LogP contribution in [0.15, 0.2) is 71.9 Å². The molecule has 2 heterocycles. The van der Waals surface area contributed by atoms with E-state index in [1.807, 2.05) is 41.8 Å². The van der Waals surface area contributed by atoms with Gasteiger partial charge in [-0.25, -0.2) is 13.4 Å². The number of pyridine rings is 1. The zero-order chi connectivity index (χ0) is 21.5. The van der Waals surface area contributed by atoms with Crippen molar-refractivity contribution in [1.29, 1.82) is 0 Å². The van der Waals surface area contributed by atoms with Crippen LogP contribution in [0.5, 0.6) is 0 Å². The number of amides is 1. The number of sulfone groups is 1. The maximum atomic E-state index is 11.8. The normalized spacial score (nSPS) is 11.6. The van der Waals surface area contributed by atoms with Crippen molar-refractivity contribution < 1.29 is 13.2 Å². The number of hydrogen-bond donors (Lipinski definition) is 1. The maximum absolute atomic E-state index is 11.8. The van der Waals surface area contributed by atoms with Gasteiger partial charge < -0.3 is 5.32 Å². The Kier molecular flexibility index (Phi) is 4.91. The molecular weight excluding hydrogens is 398 g/mol. The molecule has 1 amide bonds. The fraction of sp³-hybridized carbons (Fsp3) is 0.130. The van der Waals surface area contributed by atoms with Gasteiger partial charge in [-0.15, -0.1) is 0 Å². The van der Waals surface area contributed by atoms with Gasteiger partial charge in [-0.3, -0.25) is 9.20 Å². The van der Waals surface area contributed by atoms with Crippen LogP contribution >= 0.6 is 0 Å². The predicted molar refractivity (Wildman–Crippen MR) is 118 cm³/mol. The molecule has 0 saturated carbocycles. The number of benzene rings is 2. The Labute approximate surface area is 175 Å². The van der Waals surface area contributed by atoms with Gasteiger partial charge in [0.1, 0.15) is 0 Å². The molecule has 30 heavy (non-hydrogen) atoms. The van der Waals surface area contributed by atoms with Gasteiger partial charge in [0.05, 0.1) is 22.5 Å². The van der Waals surface area contributed by atoms with E-state index in [0.29, 0.717) is 11.3 Å². The summed E-state index contributed by atoms with van der Waals surface area (Å²) in [6.45, 7) is 3.49. The van der Waals surface area contributed by atoms with Crippen molar-refractivity contribution in [3.8, 4) is 22.4 Å². The number of anilines is 1. The molecule has 0 radical (unpaired) electrons. The van der Waals surface area contributed by atoms with E-state index in [1.165, 1.54) is 13.2 Å². The van der Waals surface area contributed by atoms with E-state index in [0.717, 1.165) is 27.9 Å². The number of fused-ring (bicyclic) bond motifs is 1. The van der Waals surface area contributed by atoms with Crippen molar-refractivity contribution in [2.75, 3.05) is 11.6 Å². The van der Waals surface area contributed by atoms with Gasteiger partial charge in [0.2, 0.25) is 5.91 Å². The van der Waals surface area contributed by atoms with Crippen LogP contribution in [0.25, 0.3) is 28.0 Å². The highest BCUT2D eigenvalue weighted by Crippen LogP contribution is 2.31. The molecule has 0 spiro atoms. The van der Waals surface area contributed by atoms with Gasteiger partial charge >= 0.3 is 0 Å². The van der Waals surface area contributed by atoms with Crippen molar-refractivity contribution >= 4 is 27.1 Å². The van der Waals surface area contributed by atoms with Crippen molar-refractivity contribution in [2.24, 2.45) is 0 Å². The van der Waals surface area contributed by atoms with Crippen LogP contribution in [0.4, 0.5) is 5.69 Å². The molecule has 0 unspecified atom stereocenters. The van der Waals surface area contributed by atoms with Gasteiger partial charge in [-0.1, -0.05) is 42.0 Å². The van der Waals surface area contributed by atoms with E-state index in [1.54, 1.807) is 30.5 Å². The Bertz CT molecular complexity index is 1370. The molecule has 0 atom stereocenters. The molecule has 152 valence electrons. The van der Waals surface area contributed by atoms with Crippen molar-refractivity contribution in [2.45, 2.75) is 18.7 Å². The third-order valence-electron chi connectivity index (χ3n) is 4.85. The molecular formula is C23H21N3O3S. The second-order valence-electron chi connectivity index (χ2n) is 7.33. The number of imidazole rings is 1. The summed E-state index contributed by atoms with van der Waals surface area (Å²) in [7, 11) is -3.27. The maximum Gasteiger partial charge on any atom is 0.221 e. The summed E-state index contributed by atoms with van der Waals surface area (Å²) in [6, 6.07) is 16.7. The number of aryl methyl sites for hydroxylation is 1. The Balaban J connectivity index is 1.92. The molecule has 2 aromatic heterocycles. The topological polar surface area (TPSA) is 80.5 Å². The summed E-state index contributed by atoms with van der Waals surface area (Å²) < 4.78 is 25.4. The van der Waals surface area contributed by atoms with Crippen LogP contribution in [0.3, 0.4) is 0 Å². The second kappa shape index (κ2) is 7.42. The third-order valence-corrected chi connectivity index (χ3v) is 5.97. The number of carbonyl (C=O) groups excluding carboxylic acids is 1. The van der Waals surface area contributed by atoms with Crippen LogP contribution in [-0.4, -0.2) is 30.0 Å². The summed E-state index contributed by atoms with van der Waals surface area (Å²) in [6.07, 6.45) is 4.88. The zero-order valence-electron chi connectivity index (χ0n) is 16.9. The molecule has 0 aliphatic heterocycles. The van der Waals surface area contributed by atoms with Crippen molar-refractivity contribution in [1.82, 2.24) is 9.38 Å². The summed E-state index contributed by atoms with van der Waals surface area (Å²) in [5, 5.41) is 2.86. The lowest BCUT2D eigenvalue weighted by molar-refractivity contribution is -0.114. The standard InChI is InChI=1S/C23H21N3O3S/c1-15-5-4-6-18(11-15)19-12-21(25-16(2)27)23-24-13-22(26(23)14-19)17-7-9-20(10-8-17)30(3,28)29/h4-14H,1-3H3,(H,25,27). The number of hydrogen-bond acceptors (Lipinski definition) is 4. The first-order valence-electron chi connectivity index (χ1n) is 9.38. The van der Waals surface area contributed by atoms with E-state index >= 15 is 0 Å². The molecule has 1 N–H and O–H groups in total. The zero-order valence-corrected chi connectivity index (χ0v) is 17.7. The highest BCUT2D eigenvalue weighted by Gasteiger charge is 2.14. The largest absolute Gasteiger partial charge is 0.323 e. The van der Waals surface area contributed by atoms with Gasteiger partial charge in [0.25, 0.3) is 0 Å². The number of nitrogens with one attached hydrogen (secondary N) is 1. The van der Waals surface area contributed by atoms with Gasteiger partial charge in [-0.2, -0.15) is 0 Å². The first kappa shape index (κ1) is 19.8. The minimum absolute atomic E-state index is 0.180. The monoisotopic (exact) mass is 419 g/mol. The second-order valence-corrected chi connectivity index (χ2v) is 9.34. The summed E-state index contributed by atoms with van der Waals surface area (Å²) in [5.41, 5.74) is 5.94. The molecule has 7 heteroatoms. The van der Waals surface area contributed by atoms with Gasteiger partial charge in [0, 0.05) is 30.5 Å². The average molecular weight is 420 g/mol. The Morgan fingerprint density at radius 1 is 1.00 bits per heavy atom. The minimum atomic E-state index is -3.27. The molecule has 4 aromatic rings. The molecule has 6 nitrogen and oxygen atoms in total. The summed E-state index contributed by atoms with van der Waals surface area (Å²) in [5.74, 6) is -0.180. The highest BCUT2D eigenvalue weighted by molar-refractivity contribution is 7.90. The molecule has 4 rings (SSSR count). The molecule has 2 aromatic carbocycles. The fourth-order valence-corrected chi connectivity index (χ4v) is 4.07. The summed E-state index contributed by atoms with van der Waals surface area (Å²) in [4.78, 5) is 16.5. The first-order valence-corrected chi connectivity index (χ1v) is 11.3. The van der Waals surface area contributed by atoms with Crippen LogP contribution in [0, 0.1) is 6.92 Å². The predicted octanol–water partition coefficient (Wildman–Crippen LogP) is 4.34. The number of nitrogens with zero attached hydrogens (tertiary/aromatic N) is 2. The quantitative estimate of drug-likeness (QED) is 0.534. The summed E-state index contributed by atoms with van der Waals surface area (Å²) >= 11 is 0. The van der Waals surface area contributed by atoms with Crippen LogP contribution in [0.2, 0.25) is 0 Å². The molecule has 0 aliphatic rings. The lowest BCUT2D eigenvalue weighted by Crippen LogP contribution is -2.08.